The SMILES string of the molecule is C[C@@H](Sc1nnc(Nc2ccccc2)s1)C(=O)Nc1ccc(F)cc1Cl. The van der Waals surface area contributed by atoms with Gasteiger partial charge in [0.15, 0.2) is 4.34 Å². The predicted octanol–water partition coefficient (Wildman–Crippen LogP) is 5.19. The van der Waals surface area contributed by atoms with Crippen LogP contribution in [0.2, 0.25) is 5.02 Å². The lowest BCUT2D eigenvalue weighted by atomic mass is 10.3. The molecular weight excluding hydrogens is 395 g/mol. The fourth-order valence-corrected chi connectivity index (χ4v) is 4.11. The molecule has 0 saturated heterocycles. The average molecular weight is 409 g/mol. The number of para-hydroxylation sites is 1. The Kier molecular flexibility index (Phi) is 6.08. The number of thioether (sulfide) groups is 1. The van der Waals surface area contributed by atoms with Crippen molar-refractivity contribution in [3.8, 4) is 0 Å². The normalized spacial score (nSPS) is 11.8. The Morgan fingerprint density at radius 1 is 1.23 bits per heavy atom. The number of nitrogens with zero attached hydrogens (tertiary/aromatic N) is 2. The van der Waals surface area contributed by atoms with E-state index >= 15 is 0 Å². The first-order chi connectivity index (χ1) is 12.5. The molecule has 3 aromatic rings. The maximum atomic E-state index is 13.1. The van der Waals surface area contributed by atoms with Gasteiger partial charge in [0.25, 0.3) is 0 Å². The van der Waals surface area contributed by atoms with Gasteiger partial charge in [-0.3, -0.25) is 4.79 Å². The maximum absolute atomic E-state index is 13.1. The van der Waals surface area contributed by atoms with E-state index in [0.717, 1.165) is 11.8 Å². The molecule has 2 aromatic carbocycles. The summed E-state index contributed by atoms with van der Waals surface area (Å²) in [6, 6.07) is 13.5. The highest BCUT2D eigenvalue weighted by Gasteiger charge is 2.18. The third-order valence-corrected chi connectivity index (χ3v) is 5.60. The van der Waals surface area contributed by atoms with Crippen LogP contribution in [0.3, 0.4) is 0 Å². The van der Waals surface area contributed by atoms with E-state index in [1.165, 1.54) is 35.2 Å². The molecule has 134 valence electrons. The van der Waals surface area contributed by atoms with E-state index in [0.29, 0.717) is 15.2 Å². The lowest BCUT2D eigenvalue weighted by molar-refractivity contribution is -0.115. The van der Waals surface area contributed by atoms with Crippen LogP contribution in [0.4, 0.5) is 20.9 Å². The van der Waals surface area contributed by atoms with E-state index in [2.05, 4.69) is 20.8 Å². The third kappa shape index (κ3) is 4.94. The van der Waals surface area contributed by atoms with Gasteiger partial charge in [-0.15, -0.1) is 10.2 Å². The van der Waals surface area contributed by atoms with Gasteiger partial charge >= 0.3 is 0 Å². The van der Waals surface area contributed by atoms with E-state index in [-0.39, 0.29) is 10.9 Å². The average Bonchev–Trinajstić information content (AvgIpc) is 3.05. The number of aromatic nitrogens is 2. The number of carbonyl (C=O) groups excluding carboxylic acids is 1. The van der Waals surface area contributed by atoms with Crippen LogP contribution in [-0.4, -0.2) is 21.4 Å². The van der Waals surface area contributed by atoms with Gasteiger partial charge in [-0.05, 0) is 37.3 Å². The minimum Gasteiger partial charge on any atom is -0.330 e. The molecule has 2 N–H and O–H groups in total. The van der Waals surface area contributed by atoms with Crippen LogP contribution < -0.4 is 10.6 Å². The first-order valence-corrected chi connectivity index (χ1v) is 9.67. The van der Waals surface area contributed by atoms with Gasteiger partial charge in [0.1, 0.15) is 5.82 Å². The van der Waals surface area contributed by atoms with Gasteiger partial charge in [-0.1, -0.05) is 52.9 Å². The zero-order chi connectivity index (χ0) is 18.5. The molecule has 1 aromatic heterocycles. The van der Waals surface area contributed by atoms with Crippen LogP contribution in [0.25, 0.3) is 0 Å². The minimum atomic E-state index is -0.456. The number of rotatable bonds is 6. The molecule has 0 unspecified atom stereocenters. The number of anilines is 3. The highest BCUT2D eigenvalue weighted by atomic mass is 35.5. The maximum Gasteiger partial charge on any atom is 0.237 e. The molecule has 1 atom stereocenters. The topological polar surface area (TPSA) is 66.9 Å². The molecule has 0 aliphatic carbocycles. The molecule has 1 amide bonds. The molecule has 0 bridgehead atoms. The van der Waals surface area contributed by atoms with Gasteiger partial charge in [0, 0.05) is 5.69 Å². The summed E-state index contributed by atoms with van der Waals surface area (Å²) in [4.78, 5) is 12.3. The van der Waals surface area contributed by atoms with E-state index < -0.39 is 11.1 Å². The Morgan fingerprint density at radius 3 is 2.73 bits per heavy atom. The summed E-state index contributed by atoms with van der Waals surface area (Å²) in [5, 5.41) is 14.4. The standard InChI is InChI=1S/C17H14ClFN4OS2/c1-10(15(24)21-14-8-7-11(19)9-13(14)18)25-17-23-22-16(26-17)20-12-5-3-2-4-6-12/h2-10H,1H3,(H,20,22)(H,21,24)/t10-/m1/s1. The summed E-state index contributed by atoms with van der Waals surface area (Å²) in [5.74, 6) is -0.709. The van der Waals surface area contributed by atoms with Crippen molar-refractivity contribution < 1.29 is 9.18 Å². The van der Waals surface area contributed by atoms with Crippen molar-refractivity contribution in [2.24, 2.45) is 0 Å². The van der Waals surface area contributed by atoms with E-state index in [4.69, 9.17) is 11.6 Å². The Balaban J connectivity index is 1.59. The summed E-state index contributed by atoms with van der Waals surface area (Å²) < 4.78 is 13.7. The van der Waals surface area contributed by atoms with Crippen LogP contribution in [0.15, 0.2) is 52.9 Å². The molecule has 5 nitrogen and oxygen atoms in total. The molecule has 0 aliphatic rings. The largest absolute Gasteiger partial charge is 0.330 e. The molecule has 3 rings (SSSR count). The first kappa shape index (κ1) is 18.6. The minimum absolute atomic E-state index is 0.154. The van der Waals surface area contributed by atoms with Crippen molar-refractivity contribution in [1.82, 2.24) is 10.2 Å². The zero-order valence-corrected chi connectivity index (χ0v) is 16.0. The van der Waals surface area contributed by atoms with Gasteiger partial charge in [-0.25, -0.2) is 4.39 Å². The van der Waals surface area contributed by atoms with Gasteiger partial charge < -0.3 is 10.6 Å². The zero-order valence-electron chi connectivity index (χ0n) is 13.6. The Bertz CT molecular complexity index is 907. The van der Waals surface area contributed by atoms with Crippen molar-refractivity contribution in [2.45, 2.75) is 16.5 Å². The lowest BCUT2D eigenvalue weighted by Crippen LogP contribution is -2.22. The van der Waals surface area contributed by atoms with Crippen LogP contribution in [0, 0.1) is 5.82 Å². The Morgan fingerprint density at radius 2 is 2.00 bits per heavy atom. The summed E-state index contributed by atoms with van der Waals surface area (Å²) in [6.07, 6.45) is 0. The second-order valence-corrected chi connectivity index (χ2v) is 8.21. The van der Waals surface area contributed by atoms with Crippen molar-refractivity contribution >= 4 is 57.1 Å². The lowest BCUT2D eigenvalue weighted by Gasteiger charge is -2.11. The second-order valence-electron chi connectivity index (χ2n) is 5.24. The highest BCUT2D eigenvalue weighted by Crippen LogP contribution is 2.31. The van der Waals surface area contributed by atoms with Crippen LogP contribution >= 0.6 is 34.7 Å². The monoisotopic (exact) mass is 408 g/mol. The van der Waals surface area contributed by atoms with E-state index in [1.54, 1.807) is 6.92 Å². The van der Waals surface area contributed by atoms with Crippen LogP contribution in [-0.2, 0) is 4.79 Å². The number of hydrogen-bond donors (Lipinski definition) is 2. The fraction of sp³-hybridized carbons (Fsp3) is 0.118. The van der Waals surface area contributed by atoms with E-state index in [1.807, 2.05) is 30.3 Å². The van der Waals surface area contributed by atoms with Crippen molar-refractivity contribution in [3.05, 3.63) is 59.4 Å². The molecular formula is C17H14ClFN4OS2. The number of halogens is 2. The van der Waals surface area contributed by atoms with Crippen molar-refractivity contribution in [1.29, 1.82) is 0 Å². The van der Waals surface area contributed by atoms with Crippen molar-refractivity contribution in [2.75, 3.05) is 10.6 Å². The molecule has 0 fully saturated rings. The highest BCUT2D eigenvalue weighted by molar-refractivity contribution is 8.02. The van der Waals surface area contributed by atoms with Gasteiger partial charge in [0.2, 0.25) is 11.0 Å². The van der Waals surface area contributed by atoms with Crippen LogP contribution in [0.5, 0.6) is 0 Å². The van der Waals surface area contributed by atoms with Gasteiger partial charge in [-0.2, -0.15) is 0 Å². The number of carbonyl (C=O) groups is 1. The summed E-state index contributed by atoms with van der Waals surface area (Å²) in [6.45, 7) is 1.75. The smallest absolute Gasteiger partial charge is 0.237 e. The first-order valence-electron chi connectivity index (χ1n) is 7.59. The Hall–Kier alpha value is -2.16. The molecule has 0 radical (unpaired) electrons. The molecule has 0 spiro atoms. The summed E-state index contributed by atoms with van der Waals surface area (Å²) in [7, 11) is 0. The van der Waals surface area contributed by atoms with Gasteiger partial charge in [0.05, 0.1) is 16.0 Å². The molecule has 9 heteroatoms. The summed E-state index contributed by atoms with van der Waals surface area (Å²) >= 11 is 8.57. The molecule has 0 saturated carbocycles. The Labute approximate surface area is 163 Å². The third-order valence-electron chi connectivity index (χ3n) is 3.27. The number of amides is 1. The predicted molar refractivity (Wildman–Crippen MR) is 105 cm³/mol. The van der Waals surface area contributed by atoms with Crippen LogP contribution in [0.1, 0.15) is 6.92 Å². The molecule has 26 heavy (non-hydrogen) atoms. The fourth-order valence-electron chi connectivity index (χ4n) is 1.98. The van der Waals surface area contributed by atoms with Crippen molar-refractivity contribution in [3.63, 3.8) is 0 Å². The molecule has 1 heterocycles. The quantitative estimate of drug-likeness (QED) is 0.549. The number of benzene rings is 2. The number of nitrogens with one attached hydrogen (secondary N) is 2. The second kappa shape index (κ2) is 8.48. The number of hydrogen-bond acceptors (Lipinski definition) is 6. The molecule has 0 aliphatic heterocycles. The summed E-state index contributed by atoms with van der Waals surface area (Å²) in [5.41, 5.74) is 1.28. The van der Waals surface area contributed by atoms with E-state index in [9.17, 15) is 9.18 Å².